The van der Waals surface area contributed by atoms with Crippen LogP contribution in [0.25, 0.3) is 0 Å². The molecule has 1 saturated carbocycles. The second-order valence-corrected chi connectivity index (χ2v) is 12.3. The number of thioether (sulfide) groups is 1. The number of rotatable bonds is 6. The van der Waals surface area contributed by atoms with Gasteiger partial charge >= 0.3 is 5.97 Å². The molecule has 37 heavy (non-hydrogen) atoms. The molecule has 1 heterocycles. The predicted molar refractivity (Wildman–Crippen MR) is 153 cm³/mol. The summed E-state index contributed by atoms with van der Waals surface area (Å²) in [5.74, 6) is 2.78. The van der Waals surface area contributed by atoms with E-state index in [1.165, 1.54) is 11.1 Å². The lowest BCUT2D eigenvalue weighted by Crippen LogP contribution is -2.43. The largest absolute Gasteiger partial charge is 0.481 e. The molecule has 0 aromatic heterocycles. The number of nitrogens with zero attached hydrogens (tertiary/aromatic N) is 1. The van der Waals surface area contributed by atoms with E-state index in [4.69, 9.17) is 25.8 Å². The third-order valence-corrected chi connectivity index (χ3v) is 8.15. The van der Waals surface area contributed by atoms with Crippen molar-refractivity contribution < 1.29 is 19.0 Å². The fraction of sp³-hybridized carbons (Fsp3) is 0.500. The summed E-state index contributed by atoms with van der Waals surface area (Å²) in [6.45, 7) is 11.1. The highest BCUT2D eigenvalue weighted by Crippen LogP contribution is 2.42. The highest BCUT2D eigenvalue weighted by Gasteiger charge is 2.37. The van der Waals surface area contributed by atoms with Gasteiger partial charge in [-0.1, -0.05) is 23.7 Å². The number of ether oxygens (including phenoxy) is 3. The van der Waals surface area contributed by atoms with E-state index >= 15 is 0 Å². The molecule has 0 spiro atoms. The Morgan fingerprint density at radius 3 is 2.73 bits per heavy atom. The Labute approximate surface area is 230 Å². The number of methoxy groups -OCH3 is 1. The lowest BCUT2D eigenvalue weighted by Gasteiger charge is -2.43. The lowest BCUT2D eigenvalue weighted by molar-refractivity contribution is 0.00695. The first kappa shape index (κ1) is 27.9. The van der Waals surface area contributed by atoms with E-state index in [1.807, 2.05) is 45.0 Å². The number of carbonyl (C=O) groups is 1. The average Bonchev–Trinajstić information content (AvgIpc) is 2.86. The standard InChI is InChI=1S/C30H38ClNO4S/c1-6-27(34-5)25-11-8-23(25)18-32-17-22-7-10-24(31)15-20(22)13-14-37-19-35-28-12-9-21(16-26(28)32)29(33)36-30(2,3)4/h6-7,9-10,12,15-16,23,25,27H,1,8,11,13-14,17-19H2,2-5H3/t23-,25+,27-/m0/s1. The molecule has 4 rings (SSSR count). The van der Waals surface area contributed by atoms with Crippen LogP contribution in [0.4, 0.5) is 5.69 Å². The van der Waals surface area contributed by atoms with Crippen LogP contribution in [0.5, 0.6) is 5.75 Å². The van der Waals surface area contributed by atoms with Crippen LogP contribution in [-0.4, -0.2) is 43.0 Å². The summed E-state index contributed by atoms with van der Waals surface area (Å²) in [7, 11) is 1.75. The fourth-order valence-corrected chi connectivity index (χ4v) is 6.00. The molecule has 2 aliphatic rings. The van der Waals surface area contributed by atoms with Crippen molar-refractivity contribution in [3.8, 4) is 5.75 Å². The van der Waals surface area contributed by atoms with Gasteiger partial charge in [-0.2, -0.15) is 0 Å². The van der Waals surface area contributed by atoms with Crippen LogP contribution in [0, 0.1) is 11.8 Å². The van der Waals surface area contributed by atoms with Crippen molar-refractivity contribution in [3.05, 3.63) is 70.8 Å². The quantitative estimate of drug-likeness (QED) is 0.285. The van der Waals surface area contributed by atoms with Gasteiger partial charge in [-0.3, -0.25) is 0 Å². The molecule has 0 radical (unpaired) electrons. The van der Waals surface area contributed by atoms with Crippen LogP contribution in [-0.2, 0) is 22.4 Å². The van der Waals surface area contributed by atoms with Gasteiger partial charge in [0.05, 0.1) is 17.4 Å². The topological polar surface area (TPSA) is 48.0 Å². The third-order valence-electron chi connectivity index (χ3n) is 7.13. The first-order valence-corrected chi connectivity index (χ1v) is 14.5. The Kier molecular flexibility index (Phi) is 9.15. The molecule has 1 aliphatic carbocycles. The molecule has 3 atom stereocenters. The van der Waals surface area contributed by atoms with Crippen molar-refractivity contribution in [2.24, 2.45) is 11.8 Å². The number of carbonyl (C=O) groups excluding carboxylic acids is 1. The maximum Gasteiger partial charge on any atom is 0.338 e. The number of hydrogen-bond acceptors (Lipinski definition) is 6. The number of anilines is 1. The molecule has 0 N–H and O–H groups in total. The van der Waals surface area contributed by atoms with Gasteiger partial charge in [0.2, 0.25) is 0 Å². The molecular formula is C30H38ClNO4S. The van der Waals surface area contributed by atoms with Gasteiger partial charge in [0, 0.05) is 31.0 Å². The first-order valence-electron chi connectivity index (χ1n) is 12.9. The van der Waals surface area contributed by atoms with Gasteiger partial charge in [-0.05, 0) is 93.3 Å². The number of benzene rings is 2. The number of hydrogen-bond donors (Lipinski definition) is 0. The molecule has 0 amide bonds. The summed E-state index contributed by atoms with van der Waals surface area (Å²) in [5.41, 5.74) is 3.35. The van der Waals surface area contributed by atoms with Gasteiger partial charge in [-0.25, -0.2) is 4.79 Å². The minimum absolute atomic E-state index is 0.0361. The maximum atomic E-state index is 13.0. The molecular weight excluding hydrogens is 506 g/mol. The smallest absolute Gasteiger partial charge is 0.338 e. The highest BCUT2D eigenvalue weighted by atomic mass is 35.5. The Balaban J connectivity index is 1.74. The van der Waals surface area contributed by atoms with Crippen molar-refractivity contribution in [3.63, 3.8) is 0 Å². The highest BCUT2D eigenvalue weighted by molar-refractivity contribution is 7.99. The monoisotopic (exact) mass is 543 g/mol. The van der Waals surface area contributed by atoms with Gasteiger partial charge in [-0.15, -0.1) is 18.3 Å². The molecule has 2 aromatic carbocycles. The zero-order valence-electron chi connectivity index (χ0n) is 22.3. The van der Waals surface area contributed by atoms with Crippen LogP contribution >= 0.6 is 23.4 Å². The molecule has 1 aliphatic heterocycles. The molecule has 5 nitrogen and oxygen atoms in total. The lowest BCUT2D eigenvalue weighted by atomic mass is 9.70. The van der Waals surface area contributed by atoms with Crippen molar-refractivity contribution in [1.29, 1.82) is 0 Å². The summed E-state index contributed by atoms with van der Waals surface area (Å²) in [6, 6.07) is 11.8. The zero-order chi connectivity index (χ0) is 26.6. The summed E-state index contributed by atoms with van der Waals surface area (Å²) >= 11 is 8.13. The van der Waals surface area contributed by atoms with Gasteiger partial charge in [0.25, 0.3) is 0 Å². The maximum absolute atomic E-state index is 13.0. The van der Waals surface area contributed by atoms with Crippen LogP contribution in [0.15, 0.2) is 49.1 Å². The first-order chi connectivity index (χ1) is 17.7. The van der Waals surface area contributed by atoms with E-state index in [2.05, 4.69) is 23.6 Å². The zero-order valence-corrected chi connectivity index (χ0v) is 23.9. The van der Waals surface area contributed by atoms with E-state index in [1.54, 1.807) is 24.9 Å². The molecule has 0 saturated heterocycles. The summed E-state index contributed by atoms with van der Waals surface area (Å²) in [5, 5.41) is 0.752. The fourth-order valence-electron chi connectivity index (χ4n) is 5.11. The minimum atomic E-state index is -0.571. The number of fused-ring (bicyclic) bond motifs is 2. The van der Waals surface area contributed by atoms with E-state index in [0.717, 1.165) is 48.0 Å². The summed E-state index contributed by atoms with van der Waals surface area (Å²) in [6.07, 6.45) is 5.11. The molecule has 1 fully saturated rings. The Morgan fingerprint density at radius 2 is 2.05 bits per heavy atom. The second kappa shape index (κ2) is 12.1. The van der Waals surface area contributed by atoms with Crippen LogP contribution in [0.3, 0.4) is 0 Å². The Bertz CT molecular complexity index is 1120. The van der Waals surface area contributed by atoms with Gasteiger partial charge in [0.1, 0.15) is 17.3 Å². The van der Waals surface area contributed by atoms with E-state index < -0.39 is 5.60 Å². The normalized spacial score (nSPS) is 20.8. The van der Waals surface area contributed by atoms with Crippen LogP contribution in [0.2, 0.25) is 5.02 Å². The van der Waals surface area contributed by atoms with Gasteiger partial charge < -0.3 is 19.1 Å². The van der Waals surface area contributed by atoms with E-state index in [9.17, 15) is 4.79 Å². The Hall–Kier alpha value is -2.15. The van der Waals surface area contributed by atoms with E-state index in [-0.39, 0.29) is 12.1 Å². The average molecular weight is 544 g/mol. The summed E-state index contributed by atoms with van der Waals surface area (Å²) in [4.78, 5) is 15.4. The van der Waals surface area contributed by atoms with Crippen molar-refractivity contribution in [2.45, 2.75) is 58.3 Å². The van der Waals surface area contributed by atoms with Crippen molar-refractivity contribution in [2.75, 3.05) is 30.2 Å². The minimum Gasteiger partial charge on any atom is -0.481 e. The third kappa shape index (κ3) is 7.04. The van der Waals surface area contributed by atoms with Gasteiger partial charge in [0.15, 0.2) is 0 Å². The second-order valence-electron chi connectivity index (χ2n) is 10.8. The molecule has 200 valence electrons. The van der Waals surface area contributed by atoms with Crippen molar-refractivity contribution >= 4 is 35.0 Å². The van der Waals surface area contributed by atoms with Crippen molar-refractivity contribution in [1.82, 2.24) is 0 Å². The molecule has 7 heteroatoms. The number of aryl methyl sites for hydroxylation is 1. The molecule has 2 aromatic rings. The molecule has 0 unspecified atom stereocenters. The van der Waals surface area contributed by atoms with E-state index in [0.29, 0.717) is 29.9 Å². The SMILES string of the molecule is C=C[C@H](OC)[C@@H]1CC[C@H]1CN1Cc2ccc(Cl)cc2CCSCOc2ccc(C(=O)OC(C)(C)C)cc21. The summed E-state index contributed by atoms with van der Waals surface area (Å²) < 4.78 is 17.7. The van der Waals surface area contributed by atoms with Crippen LogP contribution in [0.1, 0.15) is 55.1 Å². The molecule has 0 bridgehead atoms. The van der Waals surface area contributed by atoms with Crippen LogP contribution < -0.4 is 9.64 Å². The number of esters is 1. The predicted octanol–water partition coefficient (Wildman–Crippen LogP) is 7.15. The number of halogens is 1. The Morgan fingerprint density at radius 1 is 1.24 bits per heavy atom.